The van der Waals surface area contributed by atoms with Crippen LogP contribution in [0.4, 0.5) is 0 Å². The molecule has 3 rings (SSSR count). The van der Waals surface area contributed by atoms with E-state index in [9.17, 15) is 0 Å². The summed E-state index contributed by atoms with van der Waals surface area (Å²) in [5, 5.41) is 4.82. The molecule has 4 heteroatoms. The minimum absolute atomic E-state index is 0.397. The van der Waals surface area contributed by atoms with Crippen molar-refractivity contribution in [2.24, 2.45) is 4.99 Å². The first-order valence-electron chi connectivity index (χ1n) is 7.93. The van der Waals surface area contributed by atoms with Gasteiger partial charge in [-0.3, -0.25) is 4.99 Å². The summed E-state index contributed by atoms with van der Waals surface area (Å²) in [6.45, 7) is 1.62. The molecule has 3 nitrogen and oxygen atoms in total. The molecule has 0 bridgehead atoms. The molecule has 3 fully saturated rings. The lowest BCUT2D eigenvalue weighted by Crippen LogP contribution is -2.40. The second kappa shape index (κ2) is 6.49. The van der Waals surface area contributed by atoms with Gasteiger partial charge in [-0.05, 0) is 25.7 Å². The minimum atomic E-state index is 0.397. The van der Waals surface area contributed by atoms with Crippen molar-refractivity contribution in [1.82, 2.24) is 5.32 Å². The Balaban J connectivity index is 1.36. The molecule has 1 N–H and O–H groups in total. The number of nitrogens with zero attached hydrogens (tertiary/aromatic N) is 1. The van der Waals surface area contributed by atoms with Gasteiger partial charge in [0.1, 0.15) is 0 Å². The predicted molar refractivity (Wildman–Crippen MR) is 81.9 cm³/mol. The molecule has 0 aromatic heterocycles. The van der Waals surface area contributed by atoms with Crippen LogP contribution in [-0.4, -0.2) is 35.7 Å². The van der Waals surface area contributed by atoms with Crippen molar-refractivity contribution in [2.75, 3.05) is 18.9 Å². The fourth-order valence-corrected chi connectivity index (χ4v) is 4.76. The van der Waals surface area contributed by atoms with Gasteiger partial charge in [0.15, 0.2) is 5.17 Å². The molecule has 0 aromatic rings. The van der Waals surface area contributed by atoms with Gasteiger partial charge in [0.25, 0.3) is 0 Å². The van der Waals surface area contributed by atoms with E-state index in [2.05, 4.69) is 10.3 Å². The highest BCUT2D eigenvalue weighted by Gasteiger charge is 2.39. The Morgan fingerprint density at radius 3 is 2.74 bits per heavy atom. The van der Waals surface area contributed by atoms with Crippen molar-refractivity contribution in [3.8, 4) is 0 Å². The van der Waals surface area contributed by atoms with Crippen molar-refractivity contribution in [2.45, 2.75) is 69.4 Å². The van der Waals surface area contributed by atoms with Crippen LogP contribution in [0.5, 0.6) is 0 Å². The van der Waals surface area contributed by atoms with Crippen LogP contribution in [0.1, 0.15) is 57.8 Å². The summed E-state index contributed by atoms with van der Waals surface area (Å²) in [7, 11) is 0. The lowest BCUT2D eigenvalue weighted by Gasteiger charge is -2.22. The van der Waals surface area contributed by atoms with Crippen molar-refractivity contribution in [3.63, 3.8) is 0 Å². The van der Waals surface area contributed by atoms with Gasteiger partial charge < -0.3 is 10.1 Å². The lowest BCUT2D eigenvalue weighted by molar-refractivity contribution is 0.0335. The lowest BCUT2D eigenvalue weighted by atomic mass is 9.98. The van der Waals surface area contributed by atoms with Crippen LogP contribution in [0.2, 0.25) is 0 Å². The molecule has 0 unspecified atom stereocenters. The SMILES string of the molecule is C1CCC(OCCN=C2NC3(CCCC3)CS2)CC1. The Bertz CT molecular complexity index is 320. The fourth-order valence-electron chi connectivity index (χ4n) is 3.51. The second-order valence-corrected chi connectivity index (χ2v) is 7.18. The molecule has 1 saturated heterocycles. The summed E-state index contributed by atoms with van der Waals surface area (Å²) in [5.41, 5.74) is 0.397. The summed E-state index contributed by atoms with van der Waals surface area (Å²) in [4.78, 5) is 4.67. The Kier molecular flexibility index (Phi) is 4.69. The van der Waals surface area contributed by atoms with E-state index in [4.69, 9.17) is 4.74 Å². The van der Waals surface area contributed by atoms with E-state index in [1.165, 1.54) is 63.5 Å². The largest absolute Gasteiger partial charge is 0.376 e. The van der Waals surface area contributed by atoms with Gasteiger partial charge >= 0.3 is 0 Å². The Labute approximate surface area is 121 Å². The van der Waals surface area contributed by atoms with E-state index in [-0.39, 0.29) is 0 Å². The highest BCUT2D eigenvalue weighted by atomic mass is 32.2. The molecule has 2 saturated carbocycles. The topological polar surface area (TPSA) is 33.6 Å². The van der Waals surface area contributed by atoms with Crippen LogP contribution in [0, 0.1) is 0 Å². The van der Waals surface area contributed by atoms with Gasteiger partial charge in [-0.25, -0.2) is 0 Å². The molecule has 1 aliphatic heterocycles. The highest BCUT2D eigenvalue weighted by Crippen LogP contribution is 2.37. The maximum Gasteiger partial charge on any atom is 0.157 e. The van der Waals surface area contributed by atoms with Crippen LogP contribution < -0.4 is 5.32 Å². The second-order valence-electron chi connectivity index (χ2n) is 6.22. The zero-order valence-electron chi connectivity index (χ0n) is 11.8. The minimum Gasteiger partial charge on any atom is -0.376 e. The summed E-state index contributed by atoms with van der Waals surface area (Å²) < 4.78 is 5.92. The van der Waals surface area contributed by atoms with Crippen molar-refractivity contribution in [1.29, 1.82) is 0 Å². The Hall–Kier alpha value is -0.220. The molecule has 1 spiro atoms. The number of hydrogen-bond acceptors (Lipinski definition) is 3. The number of ether oxygens (including phenoxy) is 1. The van der Waals surface area contributed by atoms with Crippen LogP contribution in [-0.2, 0) is 4.74 Å². The molecule has 108 valence electrons. The molecule has 3 aliphatic rings. The third-order valence-electron chi connectivity index (χ3n) is 4.67. The van der Waals surface area contributed by atoms with Crippen LogP contribution in [0.3, 0.4) is 0 Å². The molecule has 1 heterocycles. The third-order valence-corrected chi connectivity index (χ3v) is 5.87. The molecule has 2 aliphatic carbocycles. The van der Waals surface area contributed by atoms with Gasteiger partial charge in [0.05, 0.1) is 19.3 Å². The third kappa shape index (κ3) is 3.66. The van der Waals surface area contributed by atoms with E-state index >= 15 is 0 Å². The van der Waals surface area contributed by atoms with Gasteiger partial charge in [-0.1, -0.05) is 43.9 Å². The molecule has 0 atom stereocenters. The van der Waals surface area contributed by atoms with Gasteiger partial charge in [0.2, 0.25) is 0 Å². The molecule has 19 heavy (non-hydrogen) atoms. The highest BCUT2D eigenvalue weighted by molar-refractivity contribution is 8.14. The molecular formula is C15H26N2OS. The number of hydrogen-bond donors (Lipinski definition) is 1. The van der Waals surface area contributed by atoms with Crippen molar-refractivity contribution < 1.29 is 4.74 Å². The summed E-state index contributed by atoms with van der Waals surface area (Å²) in [6, 6.07) is 0. The van der Waals surface area contributed by atoms with Gasteiger partial charge in [0, 0.05) is 11.3 Å². The van der Waals surface area contributed by atoms with E-state index < -0.39 is 0 Å². The molecule has 0 aromatic carbocycles. The maximum absolute atomic E-state index is 5.92. The standard InChI is InChI=1S/C15H26N2OS/c1-2-6-13(7-3-1)18-11-10-16-14-17-15(12-19-14)8-4-5-9-15/h13H,1-12H2,(H,16,17). The van der Waals surface area contributed by atoms with E-state index in [0.29, 0.717) is 11.6 Å². The average Bonchev–Trinajstić information content (AvgIpc) is 3.07. The number of thioether (sulfide) groups is 1. The summed E-state index contributed by atoms with van der Waals surface area (Å²) in [6.07, 6.45) is 12.5. The summed E-state index contributed by atoms with van der Waals surface area (Å²) in [5.74, 6) is 1.22. The maximum atomic E-state index is 5.92. The zero-order chi connectivity index (χ0) is 13.0. The first-order valence-corrected chi connectivity index (χ1v) is 8.92. The van der Waals surface area contributed by atoms with Crippen LogP contribution in [0.25, 0.3) is 0 Å². The number of amidine groups is 1. The van der Waals surface area contributed by atoms with Crippen molar-refractivity contribution >= 4 is 16.9 Å². The predicted octanol–water partition coefficient (Wildman–Crippen LogP) is 3.34. The number of rotatable bonds is 4. The van der Waals surface area contributed by atoms with Gasteiger partial charge in [-0.15, -0.1) is 0 Å². The quantitative estimate of drug-likeness (QED) is 0.803. The van der Waals surface area contributed by atoms with Crippen LogP contribution in [0.15, 0.2) is 4.99 Å². The normalized spacial score (nSPS) is 29.2. The monoisotopic (exact) mass is 282 g/mol. The number of aliphatic imine (C=N–C) groups is 1. The molecular weight excluding hydrogens is 256 g/mol. The summed E-state index contributed by atoms with van der Waals surface area (Å²) >= 11 is 1.91. The Morgan fingerprint density at radius 2 is 1.95 bits per heavy atom. The van der Waals surface area contributed by atoms with Gasteiger partial charge in [-0.2, -0.15) is 0 Å². The van der Waals surface area contributed by atoms with Crippen LogP contribution >= 0.6 is 11.8 Å². The zero-order valence-corrected chi connectivity index (χ0v) is 12.6. The average molecular weight is 282 g/mol. The smallest absolute Gasteiger partial charge is 0.157 e. The van der Waals surface area contributed by atoms with Crippen molar-refractivity contribution in [3.05, 3.63) is 0 Å². The molecule has 0 radical (unpaired) electrons. The first-order chi connectivity index (χ1) is 9.36. The number of nitrogens with one attached hydrogen (secondary N) is 1. The first kappa shape index (κ1) is 13.7. The molecule has 0 amide bonds. The van der Waals surface area contributed by atoms with E-state index in [0.717, 1.165) is 18.3 Å². The fraction of sp³-hybridized carbons (Fsp3) is 0.933. The van der Waals surface area contributed by atoms with E-state index in [1.54, 1.807) is 0 Å². The Morgan fingerprint density at radius 1 is 1.16 bits per heavy atom. The van der Waals surface area contributed by atoms with E-state index in [1.807, 2.05) is 11.8 Å².